The van der Waals surface area contributed by atoms with E-state index in [-0.39, 0.29) is 6.42 Å². The Labute approximate surface area is 112 Å². The van der Waals surface area contributed by atoms with E-state index in [2.05, 4.69) is 5.43 Å². The molecule has 0 spiro atoms. The van der Waals surface area contributed by atoms with Gasteiger partial charge >= 0.3 is 5.97 Å². The highest BCUT2D eigenvalue weighted by molar-refractivity contribution is 5.79. The third-order valence-corrected chi connectivity index (χ3v) is 3.24. The molecule has 1 aromatic rings. The van der Waals surface area contributed by atoms with Crippen LogP contribution in [0, 0.1) is 0 Å². The molecule has 0 unspecified atom stereocenters. The summed E-state index contributed by atoms with van der Waals surface area (Å²) in [6, 6.07) is 5.29. The van der Waals surface area contributed by atoms with E-state index in [1.54, 1.807) is 32.2 Å². The number of carboxylic acids is 1. The number of rotatable bonds is 7. The minimum absolute atomic E-state index is 0.260. The van der Waals surface area contributed by atoms with Crippen molar-refractivity contribution in [3.8, 4) is 11.5 Å². The smallest absolute Gasteiger partial charge is 0.325 e. The molecule has 6 heteroatoms. The SMILES string of the molecule is CC[C@@](Cc1ccc(OC)c(OC)c1)(NN)C(=O)O. The number of benzene rings is 1. The second kappa shape index (κ2) is 6.40. The van der Waals surface area contributed by atoms with Crippen LogP contribution in [0.15, 0.2) is 18.2 Å². The monoisotopic (exact) mass is 268 g/mol. The van der Waals surface area contributed by atoms with E-state index in [4.69, 9.17) is 15.3 Å². The fraction of sp³-hybridized carbons (Fsp3) is 0.462. The molecule has 1 atom stereocenters. The van der Waals surface area contributed by atoms with E-state index in [1.807, 2.05) is 0 Å². The lowest BCUT2D eigenvalue weighted by atomic mass is 9.89. The van der Waals surface area contributed by atoms with Crippen LogP contribution in [-0.4, -0.2) is 30.8 Å². The number of ether oxygens (including phenoxy) is 2. The van der Waals surface area contributed by atoms with Crippen molar-refractivity contribution in [3.05, 3.63) is 23.8 Å². The maximum atomic E-state index is 11.4. The van der Waals surface area contributed by atoms with Crippen molar-refractivity contribution in [2.45, 2.75) is 25.3 Å². The van der Waals surface area contributed by atoms with Gasteiger partial charge in [-0.05, 0) is 24.1 Å². The first-order chi connectivity index (χ1) is 9.02. The van der Waals surface area contributed by atoms with E-state index >= 15 is 0 Å². The van der Waals surface area contributed by atoms with Gasteiger partial charge in [0.2, 0.25) is 0 Å². The number of hydrogen-bond acceptors (Lipinski definition) is 5. The number of hydrazine groups is 1. The number of methoxy groups -OCH3 is 2. The van der Waals surface area contributed by atoms with Gasteiger partial charge in [-0.25, -0.2) is 5.43 Å². The summed E-state index contributed by atoms with van der Waals surface area (Å²) in [6.07, 6.45) is 0.628. The molecule has 0 radical (unpaired) electrons. The molecule has 0 aliphatic carbocycles. The Bertz CT molecular complexity index is 444. The maximum absolute atomic E-state index is 11.4. The number of nitrogens with two attached hydrogens (primary N) is 1. The number of carbonyl (C=O) groups is 1. The summed E-state index contributed by atoms with van der Waals surface area (Å²) in [4.78, 5) is 11.4. The first-order valence-electron chi connectivity index (χ1n) is 5.95. The number of nitrogens with one attached hydrogen (secondary N) is 1. The quantitative estimate of drug-likeness (QED) is 0.503. The molecule has 1 aromatic carbocycles. The summed E-state index contributed by atoms with van der Waals surface area (Å²) < 4.78 is 10.3. The van der Waals surface area contributed by atoms with Crippen LogP contribution in [0.3, 0.4) is 0 Å². The Morgan fingerprint density at radius 1 is 1.37 bits per heavy atom. The van der Waals surface area contributed by atoms with Crippen molar-refractivity contribution >= 4 is 5.97 Å². The van der Waals surface area contributed by atoms with Crippen molar-refractivity contribution in [1.29, 1.82) is 0 Å². The van der Waals surface area contributed by atoms with Gasteiger partial charge in [-0.3, -0.25) is 10.6 Å². The Balaban J connectivity index is 3.07. The van der Waals surface area contributed by atoms with Gasteiger partial charge < -0.3 is 14.6 Å². The van der Waals surface area contributed by atoms with Crippen LogP contribution in [0.1, 0.15) is 18.9 Å². The fourth-order valence-electron chi connectivity index (χ4n) is 1.91. The van der Waals surface area contributed by atoms with Crippen LogP contribution in [0.5, 0.6) is 11.5 Å². The molecule has 0 saturated carbocycles. The molecule has 106 valence electrons. The molecular weight excluding hydrogens is 248 g/mol. The van der Waals surface area contributed by atoms with Crippen molar-refractivity contribution in [1.82, 2.24) is 5.43 Å². The van der Waals surface area contributed by atoms with E-state index in [0.29, 0.717) is 17.9 Å². The first kappa shape index (κ1) is 15.3. The van der Waals surface area contributed by atoms with Gasteiger partial charge in [-0.2, -0.15) is 0 Å². The highest BCUT2D eigenvalue weighted by Gasteiger charge is 2.35. The largest absolute Gasteiger partial charge is 0.493 e. The average Bonchev–Trinajstić information content (AvgIpc) is 2.44. The zero-order valence-electron chi connectivity index (χ0n) is 11.4. The van der Waals surface area contributed by atoms with Gasteiger partial charge in [0, 0.05) is 6.42 Å². The lowest BCUT2D eigenvalue weighted by molar-refractivity contribution is -0.145. The highest BCUT2D eigenvalue weighted by Crippen LogP contribution is 2.29. The third-order valence-electron chi connectivity index (χ3n) is 3.24. The summed E-state index contributed by atoms with van der Waals surface area (Å²) >= 11 is 0. The van der Waals surface area contributed by atoms with Gasteiger partial charge in [0.15, 0.2) is 11.5 Å². The van der Waals surface area contributed by atoms with Gasteiger partial charge in [0.05, 0.1) is 14.2 Å². The Kier molecular flexibility index (Phi) is 5.14. The van der Waals surface area contributed by atoms with Gasteiger partial charge in [0.1, 0.15) is 5.54 Å². The van der Waals surface area contributed by atoms with E-state index in [0.717, 1.165) is 5.56 Å². The molecule has 0 amide bonds. The van der Waals surface area contributed by atoms with E-state index in [9.17, 15) is 9.90 Å². The van der Waals surface area contributed by atoms with Gasteiger partial charge in [-0.1, -0.05) is 13.0 Å². The Hall–Kier alpha value is -1.79. The van der Waals surface area contributed by atoms with Crippen LogP contribution in [-0.2, 0) is 11.2 Å². The first-order valence-corrected chi connectivity index (χ1v) is 5.95. The predicted molar refractivity (Wildman–Crippen MR) is 71.2 cm³/mol. The fourth-order valence-corrected chi connectivity index (χ4v) is 1.91. The van der Waals surface area contributed by atoms with E-state index in [1.165, 1.54) is 7.11 Å². The Morgan fingerprint density at radius 2 is 2.00 bits per heavy atom. The lowest BCUT2D eigenvalue weighted by Gasteiger charge is -2.27. The molecule has 0 aromatic heterocycles. The minimum atomic E-state index is -1.18. The summed E-state index contributed by atoms with van der Waals surface area (Å²) in [7, 11) is 3.08. The molecular formula is C13H20N2O4. The molecule has 1 rings (SSSR count). The zero-order chi connectivity index (χ0) is 14.5. The molecule has 0 fully saturated rings. The van der Waals surface area contributed by atoms with Gasteiger partial charge in [-0.15, -0.1) is 0 Å². The number of aliphatic carboxylic acids is 1. The molecule has 6 nitrogen and oxygen atoms in total. The zero-order valence-corrected chi connectivity index (χ0v) is 11.4. The average molecular weight is 268 g/mol. The predicted octanol–water partition coefficient (Wildman–Crippen LogP) is 0.943. The van der Waals surface area contributed by atoms with Crippen LogP contribution >= 0.6 is 0 Å². The number of carboxylic acid groups (broad SMARTS) is 1. The molecule has 4 N–H and O–H groups in total. The lowest BCUT2D eigenvalue weighted by Crippen LogP contribution is -2.56. The van der Waals surface area contributed by atoms with Crippen molar-refractivity contribution < 1.29 is 19.4 Å². The standard InChI is InChI=1S/C13H20N2O4/c1-4-13(15-14,12(16)17)8-9-5-6-10(18-2)11(7-9)19-3/h5-7,15H,4,8,14H2,1-3H3,(H,16,17)/t13-/m0/s1. The van der Waals surface area contributed by atoms with Crippen LogP contribution in [0.2, 0.25) is 0 Å². The van der Waals surface area contributed by atoms with Crippen LogP contribution < -0.4 is 20.7 Å². The van der Waals surface area contributed by atoms with Crippen LogP contribution in [0.4, 0.5) is 0 Å². The van der Waals surface area contributed by atoms with Crippen molar-refractivity contribution in [3.63, 3.8) is 0 Å². The van der Waals surface area contributed by atoms with E-state index < -0.39 is 11.5 Å². The second-order valence-corrected chi connectivity index (χ2v) is 4.25. The highest BCUT2D eigenvalue weighted by atomic mass is 16.5. The maximum Gasteiger partial charge on any atom is 0.325 e. The van der Waals surface area contributed by atoms with Crippen LogP contribution in [0.25, 0.3) is 0 Å². The molecule has 0 aliphatic heterocycles. The minimum Gasteiger partial charge on any atom is -0.493 e. The number of hydrogen-bond donors (Lipinski definition) is 3. The van der Waals surface area contributed by atoms with Crippen molar-refractivity contribution in [2.24, 2.45) is 5.84 Å². The summed E-state index contributed by atoms with van der Waals surface area (Å²) in [5.74, 6) is 5.59. The molecule has 0 bridgehead atoms. The topological polar surface area (TPSA) is 93.8 Å². The van der Waals surface area contributed by atoms with Gasteiger partial charge in [0.25, 0.3) is 0 Å². The third kappa shape index (κ3) is 3.15. The van der Waals surface area contributed by atoms with Crippen molar-refractivity contribution in [2.75, 3.05) is 14.2 Å². The molecule has 0 saturated heterocycles. The summed E-state index contributed by atoms with van der Waals surface area (Å²) in [5.41, 5.74) is 2.03. The Morgan fingerprint density at radius 3 is 2.42 bits per heavy atom. The summed E-state index contributed by atoms with van der Waals surface area (Å²) in [5, 5.41) is 9.31. The molecule has 0 heterocycles. The second-order valence-electron chi connectivity index (χ2n) is 4.25. The molecule has 0 aliphatic rings. The normalized spacial score (nSPS) is 13.7. The molecule has 19 heavy (non-hydrogen) atoms. The summed E-state index contributed by atoms with van der Waals surface area (Å²) in [6.45, 7) is 1.77.